The molecule has 0 bridgehead atoms. The average molecular weight is 474 g/mol. The van der Waals surface area contributed by atoms with Crippen molar-refractivity contribution < 1.29 is 13.2 Å². The molecule has 0 saturated heterocycles. The van der Waals surface area contributed by atoms with Crippen molar-refractivity contribution in [2.45, 2.75) is 96.8 Å². The molecule has 0 heterocycles. The van der Waals surface area contributed by atoms with E-state index in [0.717, 1.165) is 42.6 Å². The van der Waals surface area contributed by atoms with Crippen molar-refractivity contribution in [1.29, 1.82) is 0 Å². The molecule has 0 fully saturated rings. The highest BCUT2D eigenvalue weighted by molar-refractivity contribution is 7.89. The van der Waals surface area contributed by atoms with Gasteiger partial charge in [-0.2, -0.15) is 0 Å². The fourth-order valence-corrected chi connectivity index (χ4v) is 4.74. The molecule has 1 N–H and O–H groups in total. The number of hydrogen-bond donors (Lipinski definition) is 1. The van der Waals surface area contributed by atoms with Crippen LogP contribution in [-0.4, -0.2) is 21.6 Å². The zero-order valence-electron chi connectivity index (χ0n) is 21.8. The van der Waals surface area contributed by atoms with E-state index in [2.05, 4.69) is 64.5 Å². The molecule has 5 heteroatoms. The first kappa shape index (κ1) is 27.4. The topological polar surface area (TPSA) is 55.4 Å². The van der Waals surface area contributed by atoms with Crippen molar-refractivity contribution >= 4 is 10.0 Å². The lowest BCUT2D eigenvalue weighted by atomic mass is 9.76. The van der Waals surface area contributed by atoms with Gasteiger partial charge in [0, 0.05) is 12.1 Å². The highest BCUT2D eigenvalue weighted by Crippen LogP contribution is 2.38. The summed E-state index contributed by atoms with van der Waals surface area (Å²) in [7, 11) is -3.48. The van der Waals surface area contributed by atoms with Crippen LogP contribution in [0.1, 0.15) is 89.5 Å². The Morgan fingerprint density at radius 1 is 0.848 bits per heavy atom. The first-order valence-electron chi connectivity index (χ1n) is 12.2. The van der Waals surface area contributed by atoms with Crippen LogP contribution >= 0.6 is 0 Å². The Kier molecular flexibility index (Phi) is 9.17. The van der Waals surface area contributed by atoms with Crippen LogP contribution in [0.2, 0.25) is 0 Å². The van der Waals surface area contributed by atoms with Gasteiger partial charge in [-0.1, -0.05) is 59.7 Å². The number of nitrogens with one attached hydrogen (secondary N) is 1. The maximum atomic E-state index is 12.5. The van der Waals surface area contributed by atoms with Crippen molar-refractivity contribution in [3.8, 4) is 5.75 Å². The monoisotopic (exact) mass is 473 g/mol. The minimum absolute atomic E-state index is 0.0248. The van der Waals surface area contributed by atoms with Gasteiger partial charge in [-0.25, -0.2) is 13.1 Å². The lowest BCUT2D eigenvalue weighted by Gasteiger charge is -2.30. The Morgan fingerprint density at radius 3 is 2.12 bits per heavy atom. The molecule has 0 aliphatic heterocycles. The third-order valence-corrected chi connectivity index (χ3v) is 8.63. The molecule has 0 unspecified atom stereocenters. The summed E-state index contributed by atoms with van der Waals surface area (Å²) in [6, 6.07) is 11.9. The molecule has 2 rings (SSSR count). The predicted octanol–water partition coefficient (Wildman–Crippen LogP) is 6.82. The van der Waals surface area contributed by atoms with Gasteiger partial charge in [0.1, 0.15) is 5.75 Å². The van der Waals surface area contributed by atoms with Gasteiger partial charge in [0.15, 0.2) is 0 Å². The maximum absolute atomic E-state index is 12.5. The third-order valence-electron chi connectivity index (χ3n) is 7.17. The van der Waals surface area contributed by atoms with E-state index in [-0.39, 0.29) is 10.8 Å². The summed E-state index contributed by atoms with van der Waals surface area (Å²) < 4.78 is 34.0. The summed E-state index contributed by atoms with van der Waals surface area (Å²) in [6.07, 6.45) is 3.61. The maximum Gasteiger partial charge on any atom is 0.240 e. The van der Waals surface area contributed by atoms with Crippen LogP contribution in [0.5, 0.6) is 5.75 Å². The zero-order valence-corrected chi connectivity index (χ0v) is 22.7. The smallest absolute Gasteiger partial charge is 0.240 e. The second-order valence-electron chi connectivity index (χ2n) is 10.4. The van der Waals surface area contributed by atoms with Crippen LogP contribution in [0.15, 0.2) is 41.3 Å². The van der Waals surface area contributed by atoms with Crippen molar-refractivity contribution in [3.05, 3.63) is 58.7 Å². The third kappa shape index (κ3) is 7.07. The van der Waals surface area contributed by atoms with E-state index in [1.807, 2.05) is 19.9 Å². The van der Waals surface area contributed by atoms with Crippen LogP contribution in [0.3, 0.4) is 0 Å². The van der Waals surface area contributed by atoms with Gasteiger partial charge in [0.2, 0.25) is 10.0 Å². The summed E-state index contributed by atoms with van der Waals surface area (Å²) in [5, 5.41) is 0. The number of hydrogen-bond acceptors (Lipinski definition) is 3. The summed E-state index contributed by atoms with van der Waals surface area (Å²) in [6.45, 7) is 18.4. The van der Waals surface area contributed by atoms with Crippen molar-refractivity contribution in [1.82, 2.24) is 4.72 Å². The van der Waals surface area contributed by atoms with Crippen molar-refractivity contribution in [3.63, 3.8) is 0 Å². The van der Waals surface area contributed by atoms with Crippen molar-refractivity contribution in [2.75, 3.05) is 13.2 Å². The highest BCUT2D eigenvalue weighted by Gasteiger charge is 2.26. The first-order valence-corrected chi connectivity index (χ1v) is 13.7. The minimum atomic E-state index is -3.48. The number of unbranched alkanes of at least 4 members (excludes halogenated alkanes) is 1. The largest absolute Gasteiger partial charge is 0.493 e. The van der Waals surface area contributed by atoms with Gasteiger partial charge in [-0.15, -0.1) is 0 Å². The molecular weight excluding hydrogens is 430 g/mol. The molecule has 0 spiro atoms. The van der Waals surface area contributed by atoms with Crippen molar-refractivity contribution in [2.24, 2.45) is 0 Å². The van der Waals surface area contributed by atoms with Crippen LogP contribution in [0, 0.1) is 13.8 Å². The number of sulfonamides is 1. The molecule has 0 saturated carbocycles. The van der Waals surface area contributed by atoms with E-state index in [9.17, 15) is 8.42 Å². The van der Waals surface area contributed by atoms with Crippen LogP contribution in [0.4, 0.5) is 0 Å². The number of rotatable bonds is 12. The minimum Gasteiger partial charge on any atom is -0.493 e. The SMILES string of the molecule is CCC(C)(C)c1ccc(OCCCCNS(=O)(=O)c2ccc(C)c(C)c2)c(C(C)(C)CC)c1. The highest BCUT2D eigenvalue weighted by atomic mass is 32.2. The predicted molar refractivity (Wildman–Crippen MR) is 139 cm³/mol. The molecule has 2 aromatic carbocycles. The standard InChI is InChI=1S/C28H43NO3S/c1-9-27(5,6)23-14-16-26(25(20-23)28(7,8)10-2)32-18-12-11-17-29-33(30,31)24-15-13-21(3)22(4)19-24/h13-16,19-20,29H,9-12,17-18H2,1-8H3. The quantitative estimate of drug-likeness (QED) is 0.344. The normalized spacial score (nSPS) is 12.7. The molecule has 2 aromatic rings. The zero-order chi connectivity index (χ0) is 24.9. The Hall–Kier alpha value is -1.85. The van der Waals surface area contributed by atoms with Gasteiger partial charge in [0.25, 0.3) is 0 Å². The molecule has 4 nitrogen and oxygen atoms in total. The van der Waals surface area contributed by atoms with E-state index in [0.29, 0.717) is 18.0 Å². The van der Waals surface area contributed by atoms with Gasteiger partial charge in [-0.3, -0.25) is 0 Å². The molecule has 184 valence electrons. The van der Waals surface area contributed by atoms with Gasteiger partial charge >= 0.3 is 0 Å². The summed E-state index contributed by atoms with van der Waals surface area (Å²) in [5.41, 5.74) is 4.81. The van der Waals surface area contributed by atoms with E-state index >= 15 is 0 Å². The van der Waals surface area contributed by atoms with Gasteiger partial charge < -0.3 is 4.74 Å². The number of aryl methyl sites for hydroxylation is 2. The molecule has 0 aliphatic carbocycles. The summed E-state index contributed by atoms with van der Waals surface area (Å²) in [4.78, 5) is 0.323. The lowest BCUT2D eigenvalue weighted by molar-refractivity contribution is 0.296. The fourth-order valence-electron chi connectivity index (χ4n) is 3.58. The van der Waals surface area contributed by atoms with E-state index in [4.69, 9.17) is 4.74 Å². The summed E-state index contributed by atoms with van der Waals surface area (Å²) >= 11 is 0. The van der Waals surface area contributed by atoms with E-state index in [1.165, 1.54) is 11.1 Å². The first-order chi connectivity index (χ1) is 15.3. The Balaban J connectivity index is 1.96. The molecule has 33 heavy (non-hydrogen) atoms. The second-order valence-corrected chi connectivity index (χ2v) is 12.2. The fraction of sp³-hybridized carbons (Fsp3) is 0.571. The Bertz CT molecular complexity index is 1040. The lowest BCUT2D eigenvalue weighted by Crippen LogP contribution is -2.25. The molecule has 0 radical (unpaired) electrons. The van der Waals surface area contributed by atoms with Gasteiger partial charge in [-0.05, 0) is 85.3 Å². The number of benzene rings is 2. The van der Waals surface area contributed by atoms with E-state index < -0.39 is 10.0 Å². The second kappa shape index (κ2) is 11.1. The molecule has 0 aliphatic rings. The summed E-state index contributed by atoms with van der Waals surface area (Å²) in [5.74, 6) is 0.938. The molecular formula is C28H43NO3S. The van der Waals surface area contributed by atoms with Gasteiger partial charge in [0.05, 0.1) is 11.5 Å². The molecule has 0 amide bonds. The Labute approximate surface area is 202 Å². The Morgan fingerprint density at radius 2 is 1.52 bits per heavy atom. The average Bonchev–Trinajstić information content (AvgIpc) is 2.77. The van der Waals surface area contributed by atoms with Crippen LogP contribution in [0.25, 0.3) is 0 Å². The number of ether oxygens (including phenoxy) is 1. The molecule has 0 aromatic heterocycles. The van der Waals surface area contributed by atoms with E-state index in [1.54, 1.807) is 12.1 Å². The van der Waals surface area contributed by atoms with Crippen LogP contribution < -0.4 is 9.46 Å². The molecule has 0 atom stereocenters. The van der Waals surface area contributed by atoms with Crippen LogP contribution in [-0.2, 0) is 20.9 Å².